The number of nitrogens with one attached hydrogen (secondary N) is 2. The van der Waals surface area contributed by atoms with Crippen molar-refractivity contribution in [3.63, 3.8) is 0 Å². The number of carbonyl (C=O) groups excluding carboxylic acids is 2. The molecule has 2 aromatic rings. The van der Waals surface area contributed by atoms with Gasteiger partial charge in [0.05, 0.1) is 24.2 Å². The van der Waals surface area contributed by atoms with E-state index in [-0.39, 0.29) is 29.8 Å². The summed E-state index contributed by atoms with van der Waals surface area (Å²) in [6.07, 6.45) is 1.15. The van der Waals surface area contributed by atoms with Crippen molar-refractivity contribution in [1.29, 1.82) is 0 Å². The van der Waals surface area contributed by atoms with Gasteiger partial charge in [0.15, 0.2) is 0 Å². The first-order chi connectivity index (χ1) is 13.8. The van der Waals surface area contributed by atoms with Crippen molar-refractivity contribution in [3.8, 4) is 0 Å². The SMILES string of the molecule is CC(C)CNC(=O)CNC(=O)[C@@H]1CCCN(S(=O)(=O)c2cccc3nsnc23)C1. The molecule has 0 spiro atoms. The van der Waals surface area contributed by atoms with E-state index in [1.807, 2.05) is 13.8 Å². The average Bonchev–Trinajstić information content (AvgIpc) is 3.19. The first-order valence-corrected chi connectivity index (χ1v) is 11.7. The molecule has 0 unspecified atom stereocenters. The van der Waals surface area contributed by atoms with E-state index in [1.165, 1.54) is 10.4 Å². The monoisotopic (exact) mass is 439 g/mol. The van der Waals surface area contributed by atoms with Crippen LogP contribution in [-0.2, 0) is 19.6 Å². The predicted molar refractivity (Wildman–Crippen MR) is 110 cm³/mol. The van der Waals surface area contributed by atoms with Gasteiger partial charge >= 0.3 is 0 Å². The number of hydrogen-bond donors (Lipinski definition) is 2. The summed E-state index contributed by atoms with van der Waals surface area (Å²) in [6, 6.07) is 4.87. The maximum atomic E-state index is 13.1. The van der Waals surface area contributed by atoms with Gasteiger partial charge in [-0.1, -0.05) is 19.9 Å². The number of piperidine rings is 1. The van der Waals surface area contributed by atoms with Gasteiger partial charge in [-0.2, -0.15) is 13.1 Å². The van der Waals surface area contributed by atoms with Gasteiger partial charge in [0.25, 0.3) is 0 Å². The Morgan fingerprint density at radius 2 is 2.07 bits per heavy atom. The van der Waals surface area contributed by atoms with Crippen LogP contribution in [0.25, 0.3) is 11.0 Å². The second-order valence-electron chi connectivity index (χ2n) is 7.51. The fourth-order valence-electron chi connectivity index (χ4n) is 3.20. The Balaban J connectivity index is 1.65. The maximum absolute atomic E-state index is 13.1. The number of carbonyl (C=O) groups is 2. The molecule has 0 aliphatic carbocycles. The van der Waals surface area contributed by atoms with Crippen LogP contribution in [-0.4, -0.2) is 59.5 Å². The van der Waals surface area contributed by atoms with E-state index in [0.717, 1.165) is 11.7 Å². The Hall–Kier alpha value is -2.11. The summed E-state index contributed by atoms with van der Waals surface area (Å²) in [5.74, 6) is -0.735. The quantitative estimate of drug-likeness (QED) is 0.663. The van der Waals surface area contributed by atoms with Crippen LogP contribution in [0, 0.1) is 11.8 Å². The minimum absolute atomic E-state index is 0.0791. The molecule has 0 bridgehead atoms. The van der Waals surface area contributed by atoms with Crippen LogP contribution in [0.2, 0.25) is 0 Å². The van der Waals surface area contributed by atoms with Crippen molar-refractivity contribution in [2.75, 3.05) is 26.2 Å². The third-order valence-corrected chi connectivity index (χ3v) is 7.19. The molecule has 2 heterocycles. The Kier molecular flexibility index (Phi) is 6.81. The molecule has 3 rings (SSSR count). The molecule has 2 N–H and O–H groups in total. The van der Waals surface area contributed by atoms with Crippen LogP contribution >= 0.6 is 11.7 Å². The third kappa shape index (κ3) is 5.09. The number of sulfonamides is 1. The lowest BCUT2D eigenvalue weighted by atomic mass is 9.99. The van der Waals surface area contributed by atoms with Crippen LogP contribution in [0.15, 0.2) is 23.1 Å². The summed E-state index contributed by atoms with van der Waals surface area (Å²) < 4.78 is 35.8. The molecule has 29 heavy (non-hydrogen) atoms. The van der Waals surface area contributed by atoms with Gasteiger partial charge in [-0.25, -0.2) is 8.42 Å². The number of rotatable bonds is 7. The molecule has 1 aromatic heterocycles. The predicted octanol–water partition coefficient (Wildman–Crippen LogP) is 0.980. The Bertz CT molecular complexity index is 989. The average molecular weight is 440 g/mol. The summed E-state index contributed by atoms with van der Waals surface area (Å²) in [5, 5.41) is 5.36. The smallest absolute Gasteiger partial charge is 0.245 e. The number of benzene rings is 1. The number of hydrogen-bond acceptors (Lipinski definition) is 7. The van der Waals surface area contributed by atoms with Gasteiger partial charge in [-0.3, -0.25) is 9.59 Å². The molecule has 158 valence electrons. The third-order valence-electron chi connectivity index (χ3n) is 4.75. The maximum Gasteiger partial charge on any atom is 0.245 e. The Labute approximate surface area is 174 Å². The van der Waals surface area contributed by atoms with E-state index >= 15 is 0 Å². The summed E-state index contributed by atoms with van der Waals surface area (Å²) in [6.45, 7) is 4.82. The summed E-state index contributed by atoms with van der Waals surface area (Å²) >= 11 is 0.965. The normalized spacial score (nSPS) is 18.1. The van der Waals surface area contributed by atoms with Gasteiger partial charge < -0.3 is 10.6 Å². The van der Waals surface area contributed by atoms with E-state index in [0.29, 0.717) is 42.9 Å². The lowest BCUT2D eigenvalue weighted by molar-refractivity contribution is -0.129. The van der Waals surface area contributed by atoms with E-state index in [4.69, 9.17) is 0 Å². The highest BCUT2D eigenvalue weighted by atomic mass is 32.2. The molecule has 0 saturated carbocycles. The second kappa shape index (κ2) is 9.14. The molecule has 1 atom stereocenters. The molecule has 0 radical (unpaired) electrons. The molecule has 9 nitrogen and oxygen atoms in total. The van der Waals surface area contributed by atoms with E-state index in [2.05, 4.69) is 19.4 Å². The minimum atomic E-state index is -3.80. The molecule has 2 amide bonds. The van der Waals surface area contributed by atoms with Gasteiger partial charge in [0.1, 0.15) is 15.9 Å². The minimum Gasteiger partial charge on any atom is -0.354 e. The fourth-order valence-corrected chi connectivity index (χ4v) is 5.47. The van der Waals surface area contributed by atoms with Gasteiger partial charge in [0, 0.05) is 19.6 Å². The number of aromatic nitrogens is 2. The topological polar surface area (TPSA) is 121 Å². The standard InChI is InChI=1S/C18H25N5O4S2/c1-12(2)9-19-16(24)10-20-18(25)13-5-4-8-23(11-13)29(26,27)15-7-3-6-14-17(15)22-28-21-14/h3,6-7,12-13H,4-5,8-11H2,1-2H3,(H,19,24)(H,20,25)/t13-/m1/s1. The summed E-state index contributed by atoms with van der Waals surface area (Å²) in [5.41, 5.74) is 0.890. The van der Waals surface area contributed by atoms with Gasteiger partial charge in [0.2, 0.25) is 21.8 Å². The Morgan fingerprint density at radius 1 is 1.28 bits per heavy atom. The molecular weight excluding hydrogens is 414 g/mol. The van der Waals surface area contributed by atoms with E-state index in [1.54, 1.807) is 12.1 Å². The van der Waals surface area contributed by atoms with Crippen molar-refractivity contribution in [1.82, 2.24) is 23.7 Å². The van der Waals surface area contributed by atoms with Crippen molar-refractivity contribution in [2.45, 2.75) is 31.6 Å². The summed E-state index contributed by atoms with van der Waals surface area (Å²) in [7, 11) is -3.80. The first kappa shape index (κ1) is 21.6. The first-order valence-electron chi connectivity index (χ1n) is 9.55. The molecule has 1 aliphatic rings. The van der Waals surface area contributed by atoms with Crippen LogP contribution in [0.3, 0.4) is 0 Å². The molecule has 1 aromatic carbocycles. The van der Waals surface area contributed by atoms with E-state index < -0.39 is 15.9 Å². The fraction of sp³-hybridized carbons (Fsp3) is 0.556. The highest BCUT2D eigenvalue weighted by Crippen LogP contribution is 2.28. The van der Waals surface area contributed by atoms with Crippen LogP contribution in [0.4, 0.5) is 0 Å². The van der Waals surface area contributed by atoms with Crippen LogP contribution < -0.4 is 10.6 Å². The van der Waals surface area contributed by atoms with E-state index in [9.17, 15) is 18.0 Å². The Morgan fingerprint density at radius 3 is 2.83 bits per heavy atom. The van der Waals surface area contributed by atoms with Crippen molar-refractivity contribution in [3.05, 3.63) is 18.2 Å². The zero-order valence-corrected chi connectivity index (χ0v) is 18.1. The number of nitrogens with zero attached hydrogens (tertiary/aromatic N) is 3. The van der Waals surface area contributed by atoms with Gasteiger partial charge in [-0.15, -0.1) is 0 Å². The second-order valence-corrected chi connectivity index (χ2v) is 9.94. The van der Waals surface area contributed by atoms with Crippen molar-refractivity contribution < 1.29 is 18.0 Å². The zero-order valence-electron chi connectivity index (χ0n) is 16.4. The molecule has 1 saturated heterocycles. The largest absolute Gasteiger partial charge is 0.354 e. The van der Waals surface area contributed by atoms with Crippen molar-refractivity contribution in [2.24, 2.45) is 11.8 Å². The highest BCUT2D eigenvalue weighted by Gasteiger charge is 2.34. The van der Waals surface area contributed by atoms with Gasteiger partial charge in [-0.05, 0) is 30.9 Å². The lowest BCUT2D eigenvalue weighted by Gasteiger charge is -2.31. The van der Waals surface area contributed by atoms with Crippen LogP contribution in [0.5, 0.6) is 0 Å². The molecule has 1 aliphatic heterocycles. The lowest BCUT2D eigenvalue weighted by Crippen LogP contribution is -2.47. The summed E-state index contributed by atoms with van der Waals surface area (Å²) in [4.78, 5) is 24.4. The molecular formula is C18H25N5O4S2. The molecule has 11 heteroatoms. The number of fused-ring (bicyclic) bond motifs is 1. The molecule has 1 fully saturated rings. The van der Waals surface area contributed by atoms with Crippen molar-refractivity contribution >= 4 is 44.6 Å². The highest BCUT2D eigenvalue weighted by molar-refractivity contribution is 7.89. The van der Waals surface area contributed by atoms with Crippen LogP contribution in [0.1, 0.15) is 26.7 Å². The number of amides is 2. The zero-order chi connectivity index (χ0) is 21.0.